The molecule has 0 aliphatic heterocycles. The minimum Gasteiger partial charge on any atom is -0.384 e. The first-order valence-electron chi connectivity index (χ1n) is 4.82. The lowest BCUT2D eigenvalue weighted by Crippen LogP contribution is -2.00. The van der Waals surface area contributed by atoms with Gasteiger partial charge >= 0.3 is 0 Å². The van der Waals surface area contributed by atoms with Crippen molar-refractivity contribution >= 4 is 34.8 Å². The number of benzene rings is 1. The molecule has 17 heavy (non-hydrogen) atoms. The fourth-order valence-corrected chi connectivity index (χ4v) is 2.08. The van der Waals surface area contributed by atoms with E-state index in [2.05, 4.69) is 4.98 Å². The maximum atomic E-state index is 10.2. The van der Waals surface area contributed by atoms with Gasteiger partial charge in [-0.25, -0.2) is 4.98 Å². The Kier molecular flexibility index (Phi) is 3.89. The highest BCUT2D eigenvalue weighted by Gasteiger charge is 2.14. The fourth-order valence-electron chi connectivity index (χ4n) is 1.49. The summed E-state index contributed by atoms with van der Waals surface area (Å²) in [6.45, 7) is 0. The molecular weight excluding hydrogens is 280 g/mol. The number of halogens is 3. The molecule has 2 aromatic rings. The molecule has 1 aromatic carbocycles. The predicted molar refractivity (Wildman–Crippen MR) is 69.8 cm³/mol. The van der Waals surface area contributed by atoms with Gasteiger partial charge in [-0.15, -0.1) is 0 Å². The number of aliphatic hydroxyl groups is 1. The molecular formula is C12H8Cl3NO. The van der Waals surface area contributed by atoms with Crippen molar-refractivity contribution in [3.63, 3.8) is 0 Å². The number of rotatable bonds is 2. The van der Waals surface area contributed by atoms with Crippen LogP contribution in [0.2, 0.25) is 15.2 Å². The molecule has 0 saturated carbocycles. The molecule has 1 unspecified atom stereocenters. The highest BCUT2D eigenvalue weighted by Crippen LogP contribution is 2.30. The van der Waals surface area contributed by atoms with Gasteiger partial charge in [0.2, 0.25) is 0 Å². The summed E-state index contributed by atoms with van der Waals surface area (Å²) in [7, 11) is 0. The van der Waals surface area contributed by atoms with E-state index in [-0.39, 0.29) is 0 Å². The standard InChI is InChI=1S/C12H8Cl3NO/c13-8-1-2-10(14)9(6-8)12(17)7-3-4-16-11(15)5-7/h1-6,12,17H. The van der Waals surface area contributed by atoms with Crippen LogP contribution in [0.25, 0.3) is 0 Å². The molecule has 0 fully saturated rings. The highest BCUT2D eigenvalue weighted by molar-refractivity contribution is 6.33. The van der Waals surface area contributed by atoms with E-state index < -0.39 is 6.10 Å². The highest BCUT2D eigenvalue weighted by atomic mass is 35.5. The Hall–Kier alpha value is -0.800. The summed E-state index contributed by atoms with van der Waals surface area (Å²) >= 11 is 17.7. The average Bonchev–Trinajstić information content (AvgIpc) is 2.31. The SMILES string of the molecule is OC(c1ccnc(Cl)c1)c1cc(Cl)ccc1Cl. The lowest BCUT2D eigenvalue weighted by atomic mass is 10.0. The molecule has 0 bridgehead atoms. The van der Waals surface area contributed by atoms with Crippen LogP contribution in [0, 0.1) is 0 Å². The van der Waals surface area contributed by atoms with Crippen molar-refractivity contribution in [2.45, 2.75) is 6.10 Å². The van der Waals surface area contributed by atoms with Crippen molar-refractivity contribution in [2.75, 3.05) is 0 Å². The van der Waals surface area contributed by atoms with Gasteiger partial charge in [-0.1, -0.05) is 34.8 Å². The minimum atomic E-state index is -0.873. The summed E-state index contributed by atoms with van der Waals surface area (Å²) in [6, 6.07) is 8.20. The van der Waals surface area contributed by atoms with E-state index in [1.54, 1.807) is 30.3 Å². The van der Waals surface area contributed by atoms with Crippen LogP contribution in [-0.2, 0) is 0 Å². The maximum Gasteiger partial charge on any atom is 0.129 e. The first kappa shape index (κ1) is 12.7. The second-order valence-corrected chi connectivity index (χ2v) is 4.71. The lowest BCUT2D eigenvalue weighted by molar-refractivity contribution is 0.220. The molecule has 0 radical (unpaired) electrons. The Morgan fingerprint density at radius 3 is 2.53 bits per heavy atom. The van der Waals surface area contributed by atoms with Crippen molar-refractivity contribution in [1.82, 2.24) is 4.98 Å². The lowest BCUT2D eigenvalue weighted by Gasteiger charge is -2.13. The summed E-state index contributed by atoms with van der Waals surface area (Å²) in [6.07, 6.45) is 0.654. The molecule has 0 spiro atoms. The second-order valence-electron chi connectivity index (χ2n) is 3.48. The zero-order chi connectivity index (χ0) is 12.4. The molecule has 1 heterocycles. The van der Waals surface area contributed by atoms with Crippen molar-refractivity contribution in [2.24, 2.45) is 0 Å². The van der Waals surface area contributed by atoms with Crippen molar-refractivity contribution in [3.05, 3.63) is 62.9 Å². The topological polar surface area (TPSA) is 33.1 Å². The van der Waals surface area contributed by atoms with E-state index in [4.69, 9.17) is 34.8 Å². The number of hydrogen-bond donors (Lipinski definition) is 1. The smallest absolute Gasteiger partial charge is 0.129 e. The third kappa shape index (κ3) is 2.90. The van der Waals surface area contributed by atoms with Gasteiger partial charge in [0.1, 0.15) is 11.3 Å². The minimum absolute atomic E-state index is 0.319. The predicted octanol–water partition coefficient (Wildman–Crippen LogP) is 4.12. The molecule has 1 N–H and O–H groups in total. The van der Waals surface area contributed by atoms with Crippen molar-refractivity contribution in [3.8, 4) is 0 Å². The molecule has 2 rings (SSSR count). The summed E-state index contributed by atoms with van der Waals surface area (Å²) in [5.74, 6) is 0. The normalized spacial score (nSPS) is 12.5. The number of hydrogen-bond acceptors (Lipinski definition) is 2. The van der Waals surface area contributed by atoms with Crippen LogP contribution in [0.3, 0.4) is 0 Å². The molecule has 0 saturated heterocycles. The van der Waals surface area contributed by atoms with E-state index >= 15 is 0 Å². The number of nitrogens with zero attached hydrogens (tertiary/aromatic N) is 1. The molecule has 1 atom stereocenters. The van der Waals surface area contributed by atoms with Gasteiger partial charge in [0.15, 0.2) is 0 Å². The Balaban J connectivity index is 2.43. The monoisotopic (exact) mass is 287 g/mol. The second kappa shape index (κ2) is 5.23. The fraction of sp³-hybridized carbons (Fsp3) is 0.0833. The first-order valence-corrected chi connectivity index (χ1v) is 5.96. The van der Waals surface area contributed by atoms with E-state index in [9.17, 15) is 5.11 Å². The zero-order valence-corrected chi connectivity index (χ0v) is 10.8. The van der Waals surface area contributed by atoms with Gasteiger partial charge in [-0.05, 0) is 35.9 Å². The average molecular weight is 289 g/mol. The first-order chi connectivity index (χ1) is 8.08. The van der Waals surface area contributed by atoms with Crippen LogP contribution in [0.5, 0.6) is 0 Å². The largest absolute Gasteiger partial charge is 0.384 e. The van der Waals surface area contributed by atoms with E-state index in [0.717, 1.165) is 0 Å². The number of pyridine rings is 1. The zero-order valence-electron chi connectivity index (χ0n) is 8.57. The van der Waals surface area contributed by atoms with Crippen LogP contribution in [0.4, 0.5) is 0 Å². The van der Waals surface area contributed by atoms with Crippen LogP contribution < -0.4 is 0 Å². The van der Waals surface area contributed by atoms with Crippen molar-refractivity contribution in [1.29, 1.82) is 0 Å². The van der Waals surface area contributed by atoms with E-state index in [1.165, 1.54) is 6.20 Å². The van der Waals surface area contributed by atoms with Gasteiger partial charge in [-0.2, -0.15) is 0 Å². The van der Waals surface area contributed by atoms with Gasteiger partial charge in [0, 0.05) is 21.8 Å². The van der Waals surface area contributed by atoms with Crippen molar-refractivity contribution < 1.29 is 5.11 Å². The molecule has 5 heteroatoms. The summed E-state index contributed by atoms with van der Waals surface area (Å²) in [5, 5.41) is 11.5. The Labute approximate surface area is 114 Å². The summed E-state index contributed by atoms with van der Waals surface area (Å²) < 4.78 is 0. The summed E-state index contributed by atoms with van der Waals surface area (Å²) in [5.41, 5.74) is 1.16. The molecule has 2 nitrogen and oxygen atoms in total. The van der Waals surface area contributed by atoms with Crippen LogP contribution in [-0.4, -0.2) is 10.1 Å². The van der Waals surface area contributed by atoms with Crippen LogP contribution in [0.15, 0.2) is 36.5 Å². The molecule has 0 aliphatic carbocycles. The third-order valence-electron chi connectivity index (χ3n) is 2.32. The molecule has 0 amide bonds. The van der Waals surface area contributed by atoms with Gasteiger partial charge < -0.3 is 5.11 Å². The molecule has 0 aliphatic rings. The van der Waals surface area contributed by atoms with Gasteiger partial charge in [0.25, 0.3) is 0 Å². The summed E-state index contributed by atoms with van der Waals surface area (Å²) in [4.78, 5) is 3.85. The van der Waals surface area contributed by atoms with Gasteiger partial charge in [-0.3, -0.25) is 0 Å². The third-order valence-corrected chi connectivity index (χ3v) is 3.10. The number of aromatic nitrogens is 1. The Morgan fingerprint density at radius 1 is 1.06 bits per heavy atom. The van der Waals surface area contributed by atoms with Crippen LogP contribution in [0.1, 0.15) is 17.2 Å². The molecule has 1 aromatic heterocycles. The van der Waals surface area contributed by atoms with Gasteiger partial charge in [0.05, 0.1) is 0 Å². The number of aliphatic hydroxyl groups excluding tert-OH is 1. The quantitative estimate of drug-likeness (QED) is 0.843. The van der Waals surface area contributed by atoms with Crippen LogP contribution >= 0.6 is 34.8 Å². The van der Waals surface area contributed by atoms with E-state index in [0.29, 0.717) is 26.3 Å². The van der Waals surface area contributed by atoms with E-state index in [1.807, 2.05) is 0 Å². The Morgan fingerprint density at radius 2 is 1.82 bits per heavy atom. The maximum absolute atomic E-state index is 10.2. The molecule has 88 valence electrons. The Bertz CT molecular complexity index is 545.